The van der Waals surface area contributed by atoms with Crippen molar-refractivity contribution < 1.29 is 24.6 Å². The summed E-state index contributed by atoms with van der Waals surface area (Å²) in [5.74, 6) is -2.20. The summed E-state index contributed by atoms with van der Waals surface area (Å²) in [7, 11) is 0. The summed E-state index contributed by atoms with van der Waals surface area (Å²) in [4.78, 5) is 30.2. The molecule has 0 saturated heterocycles. The molecule has 172 valence electrons. The predicted molar refractivity (Wildman–Crippen MR) is 125 cm³/mol. The van der Waals surface area contributed by atoms with Gasteiger partial charge in [-0.1, -0.05) is 55.4 Å². The molecule has 0 heterocycles. The number of allylic oxidation sites excluding steroid dienone is 10. The lowest BCUT2D eigenvalue weighted by Crippen LogP contribution is -2.30. The fourth-order valence-electron chi connectivity index (χ4n) is 3.20. The lowest BCUT2D eigenvalue weighted by atomic mass is 9.72. The highest BCUT2D eigenvalue weighted by Gasteiger charge is 2.26. The monoisotopic (exact) mass is 431 g/mol. The van der Waals surface area contributed by atoms with Gasteiger partial charge >= 0.3 is 11.9 Å². The SMILES string of the molecule is CC(C=CC=C(C)C=CC1=C(C)CCCC1(C)C)=CC=O.N[C@@H](CCC(=O)O)C(=O)O. The molecule has 31 heavy (non-hydrogen) atoms. The van der Waals surface area contributed by atoms with Crippen LogP contribution in [0.5, 0.6) is 0 Å². The molecule has 0 aromatic heterocycles. The Hall–Kier alpha value is -2.73. The first-order valence-corrected chi connectivity index (χ1v) is 10.5. The molecule has 0 bridgehead atoms. The number of hydrogen-bond donors (Lipinski definition) is 3. The first kappa shape index (κ1) is 28.3. The van der Waals surface area contributed by atoms with Gasteiger partial charge < -0.3 is 15.9 Å². The predicted octanol–water partition coefficient (Wildman–Crippen LogP) is 4.98. The maximum atomic E-state index is 10.3. The van der Waals surface area contributed by atoms with Crippen LogP contribution in [0, 0.1) is 5.41 Å². The third-order valence-electron chi connectivity index (χ3n) is 5.09. The number of carboxylic acid groups (broad SMARTS) is 2. The summed E-state index contributed by atoms with van der Waals surface area (Å²) in [6.07, 6.45) is 16.4. The largest absolute Gasteiger partial charge is 0.481 e. The van der Waals surface area contributed by atoms with Gasteiger partial charge in [0.15, 0.2) is 0 Å². The number of carbonyl (C=O) groups excluding carboxylic acids is 1. The molecule has 6 heteroatoms. The zero-order valence-corrected chi connectivity index (χ0v) is 19.4. The Kier molecular flexibility index (Phi) is 13.0. The maximum absolute atomic E-state index is 10.3. The second-order valence-electron chi connectivity index (χ2n) is 8.46. The Balaban J connectivity index is 0.000000759. The molecule has 4 N–H and O–H groups in total. The number of nitrogens with two attached hydrogens (primary N) is 1. The molecule has 0 unspecified atom stereocenters. The highest BCUT2D eigenvalue weighted by Crippen LogP contribution is 2.40. The van der Waals surface area contributed by atoms with Crippen molar-refractivity contribution in [2.75, 3.05) is 0 Å². The zero-order chi connectivity index (χ0) is 24.0. The summed E-state index contributed by atoms with van der Waals surface area (Å²) in [5.41, 5.74) is 10.5. The van der Waals surface area contributed by atoms with E-state index in [1.54, 1.807) is 6.08 Å². The van der Waals surface area contributed by atoms with Gasteiger partial charge in [-0.25, -0.2) is 0 Å². The Morgan fingerprint density at radius 1 is 1.13 bits per heavy atom. The van der Waals surface area contributed by atoms with Crippen LogP contribution in [0.4, 0.5) is 0 Å². The molecule has 1 atom stereocenters. The van der Waals surface area contributed by atoms with Crippen LogP contribution in [-0.4, -0.2) is 34.5 Å². The summed E-state index contributed by atoms with van der Waals surface area (Å²) in [6.45, 7) is 10.9. The Bertz CT molecular complexity index is 782. The molecule has 1 rings (SSSR count). The molecule has 0 amide bonds. The van der Waals surface area contributed by atoms with Gasteiger partial charge in [-0.05, 0) is 69.1 Å². The highest BCUT2D eigenvalue weighted by molar-refractivity contribution is 5.74. The van der Waals surface area contributed by atoms with Crippen molar-refractivity contribution in [1.29, 1.82) is 0 Å². The fraction of sp³-hybridized carbons (Fsp3) is 0.480. The molecule has 0 fully saturated rings. The lowest BCUT2D eigenvalue weighted by Gasteiger charge is -2.32. The normalized spacial score (nSPS) is 18.0. The Labute approximate surface area is 185 Å². The van der Waals surface area contributed by atoms with E-state index in [0.717, 1.165) is 11.9 Å². The third-order valence-corrected chi connectivity index (χ3v) is 5.09. The van der Waals surface area contributed by atoms with Gasteiger partial charge in [-0.15, -0.1) is 0 Å². The van der Waals surface area contributed by atoms with Crippen LogP contribution in [-0.2, 0) is 14.4 Å². The van der Waals surface area contributed by atoms with E-state index in [1.165, 1.54) is 36.0 Å². The van der Waals surface area contributed by atoms with E-state index < -0.39 is 18.0 Å². The molecule has 0 aliphatic heterocycles. The van der Waals surface area contributed by atoms with E-state index in [4.69, 9.17) is 15.9 Å². The Morgan fingerprint density at radius 3 is 2.26 bits per heavy atom. The Morgan fingerprint density at radius 2 is 1.74 bits per heavy atom. The molecular formula is C25H37NO5. The van der Waals surface area contributed by atoms with Crippen molar-refractivity contribution in [2.45, 2.75) is 72.8 Å². The van der Waals surface area contributed by atoms with Crippen molar-refractivity contribution in [3.05, 3.63) is 58.7 Å². The molecule has 1 aliphatic carbocycles. The molecule has 0 aromatic carbocycles. The summed E-state index contributed by atoms with van der Waals surface area (Å²) in [5, 5.41) is 16.3. The lowest BCUT2D eigenvalue weighted by molar-refractivity contribution is -0.139. The van der Waals surface area contributed by atoms with Crippen LogP contribution < -0.4 is 5.73 Å². The van der Waals surface area contributed by atoms with Gasteiger partial charge in [0, 0.05) is 6.42 Å². The van der Waals surface area contributed by atoms with E-state index in [0.29, 0.717) is 0 Å². The number of carbonyl (C=O) groups is 3. The first-order valence-electron chi connectivity index (χ1n) is 10.5. The van der Waals surface area contributed by atoms with Crippen molar-refractivity contribution in [3.63, 3.8) is 0 Å². The van der Waals surface area contributed by atoms with Crippen LogP contribution in [0.25, 0.3) is 0 Å². The first-order chi connectivity index (χ1) is 14.4. The summed E-state index contributed by atoms with van der Waals surface area (Å²) < 4.78 is 0. The van der Waals surface area contributed by atoms with E-state index in [2.05, 4.69) is 45.9 Å². The van der Waals surface area contributed by atoms with Crippen LogP contribution in [0.1, 0.15) is 66.7 Å². The average molecular weight is 432 g/mol. The zero-order valence-electron chi connectivity index (χ0n) is 19.4. The van der Waals surface area contributed by atoms with Crippen LogP contribution >= 0.6 is 0 Å². The van der Waals surface area contributed by atoms with Crippen molar-refractivity contribution in [2.24, 2.45) is 11.1 Å². The standard InChI is InChI=1S/C20H28O.C5H9NO4/c1-16(8-6-9-17(2)13-15-21)11-12-19-18(3)10-7-14-20(19,4)5;6-3(5(9)10)1-2-4(7)8/h6,8-9,11-13,15H,7,10,14H2,1-5H3;3H,1-2,6H2,(H,7,8)(H,9,10)/t;3-/m.0/s1. The second kappa shape index (κ2) is 14.3. The smallest absolute Gasteiger partial charge is 0.320 e. The minimum Gasteiger partial charge on any atom is -0.481 e. The number of aliphatic carboxylic acids is 2. The molecule has 6 nitrogen and oxygen atoms in total. The minimum atomic E-state index is -1.17. The van der Waals surface area contributed by atoms with Crippen molar-refractivity contribution in [1.82, 2.24) is 0 Å². The number of hydrogen-bond acceptors (Lipinski definition) is 4. The van der Waals surface area contributed by atoms with Crippen LogP contribution in [0.15, 0.2) is 58.7 Å². The van der Waals surface area contributed by atoms with Crippen LogP contribution in [0.2, 0.25) is 0 Å². The molecule has 0 aromatic rings. The summed E-state index contributed by atoms with van der Waals surface area (Å²) >= 11 is 0. The van der Waals surface area contributed by atoms with E-state index >= 15 is 0 Å². The number of rotatable bonds is 9. The van der Waals surface area contributed by atoms with Gasteiger partial charge in [0.25, 0.3) is 0 Å². The maximum Gasteiger partial charge on any atom is 0.320 e. The topological polar surface area (TPSA) is 118 Å². The van der Waals surface area contributed by atoms with E-state index in [1.807, 2.05) is 19.1 Å². The quantitative estimate of drug-likeness (QED) is 0.269. The van der Waals surface area contributed by atoms with Gasteiger partial charge in [0.2, 0.25) is 0 Å². The highest BCUT2D eigenvalue weighted by atomic mass is 16.4. The van der Waals surface area contributed by atoms with Crippen LogP contribution in [0.3, 0.4) is 0 Å². The van der Waals surface area contributed by atoms with Gasteiger partial charge in [0.1, 0.15) is 12.3 Å². The minimum absolute atomic E-state index is 0.0231. The number of carboxylic acids is 2. The molecule has 0 radical (unpaired) electrons. The summed E-state index contributed by atoms with van der Waals surface area (Å²) in [6, 6.07) is -1.06. The van der Waals surface area contributed by atoms with Crippen molar-refractivity contribution in [3.8, 4) is 0 Å². The van der Waals surface area contributed by atoms with Gasteiger partial charge in [0.05, 0.1) is 0 Å². The molecule has 0 spiro atoms. The molecule has 1 aliphatic rings. The average Bonchev–Trinajstić information content (AvgIpc) is 2.65. The van der Waals surface area contributed by atoms with Gasteiger partial charge in [-0.2, -0.15) is 0 Å². The molecular weight excluding hydrogens is 394 g/mol. The van der Waals surface area contributed by atoms with Gasteiger partial charge in [-0.3, -0.25) is 14.4 Å². The molecule has 0 saturated carbocycles. The fourth-order valence-corrected chi connectivity index (χ4v) is 3.20. The second-order valence-corrected chi connectivity index (χ2v) is 8.46. The number of aldehydes is 1. The third kappa shape index (κ3) is 12.5. The van der Waals surface area contributed by atoms with E-state index in [9.17, 15) is 14.4 Å². The van der Waals surface area contributed by atoms with Crippen molar-refractivity contribution >= 4 is 18.2 Å². The van der Waals surface area contributed by atoms with E-state index in [-0.39, 0.29) is 18.3 Å².